The fourth-order valence-electron chi connectivity index (χ4n) is 5.95. The zero-order valence-electron chi connectivity index (χ0n) is 29.6. The number of hydrogen-bond donors (Lipinski definition) is 0. The monoisotopic (exact) mass is 539 g/mol. The van der Waals surface area contributed by atoms with Crippen LogP contribution in [0, 0.1) is 0 Å². The molecule has 8 aromatic carbocycles. The van der Waals surface area contributed by atoms with Crippen LogP contribution in [0.2, 0.25) is 0 Å². The predicted octanol–water partition coefficient (Wildman–Crippen LogP) is 11.8. The Labute approximate surface area is 256 Å². The molecular formula is C42H28. The zero-order chi connectivity index (χ0) is 34.0. The van der Waals surface area contributed by atoms with Crippen molar-refractivity contribution in [2.75, 3.05) is 0 Å². The van der Waals surface area contributed by atoms with E-state index in [1.54, 1.807) is 0 Å². The molecule has 0 aliphatic heterocycles. The molecule has 0 fully saturated rings. The van der Waals surface area contributed by atoms with Gasteiger partial charge in [-0.2, -0.15) is 0 Å². The van der Waals surface area contributed by atoms with Gasteiger partial charge in [0.05, 0.1) is 9.60 Å². The molecule has 0 heteroatoms. The Morgan fingerprint density at radius 1 is 0.357 bits per heavy atom. The molecule has 0 aromatic heterocycles. The van der Waals surface area contributed by atoms with Gasteiger partial charge in [0.1, 0.15) is 0 Å². The minimum absolute atomic E-state index is 0.0277. The highest BCUT2D eigenvalue weighted by atomic mass is 14.2. The molecule has 8 rings (SSSR count). The van der Waals surface area contributed by atoms with E-state index in [-0.39, 0.29) is 53.1 Å². The molecule has 42 heavy (non-hydrogen) atoms. The van der Waals surface area contributed by atoms with E-state index in [2.05, 4.69) is 0 Å². The highest BCUT2D eigenvalue weighted by molar-refractivity contribution is 6.24. The highest BCUT2D eigenvalue weighted by Crippen LogP contribution is 2.46. The molecule has 0 saturated carbocycles. The van der Waals surface area contributed by atoms with Gasteiger partial charge < -0.3 is 0 Å². The van der Waals surface area contributed by atoms with Crippen LogP contribution in [0.1, 0.15) is 9.60 Å². The van der Waals surface area contributed by atoms with Gasteiger partial charge in [-0.1, -0.05) is 158 Å². The van der Waals surface area contributed by atoms with Crippen molar-refractivity contribution < 1.29 is 9.60 Å². The Morgan fingerprint density at radius 3 is 1.71 bits per heavy atom. The third-order valence-corrected chi connectivity index (χ3v) is 7.88. The average molecular weight is 540 g/mol. The quantitative estimate of drug-likeness (QED) is 0.195. The summed E-state index contributed by atoms with van der Waals surface area (Å²) >= 11 is 0. The second kappa shape index (κ2) is 10.2. The van der Waals surface area contributed by atoms with Crippen molar-refractivity contribution in [3.63, 3.8) is 0 Å². The summed E-state index contributed by atoms with van der Waals surface area (Å²) in [6.07, 6.45) is 0. The van der Waals surface area contributed by atoms with Crippen molar-refractivity contribution in [2.45, 2.75) is 0 Å². The van der Waals surface area contributed by atoms with E-state index in [9.17, 15) is 6.85 Å². The van der Waals surface area contributed by atoms with Crippen LogP contribution < -0.4 is 0 Å². The van der Waals surface area contributed by atoms with E-state index in [0.717, 1.165) is 21.9 Å². The molecule has 0 nitrogen and oxygen atoms in total. The molecule has 0 spiro atoms. The summed E-state index contributed by atoms with van der Waals surface area (Å²) in [7, 11) is 0. The Morgan fingerprint density at radius 2 is 0.929 bits per heavy atom. The summed E-state index contributed by atoms with van der Waals surface area (Å²) in [4.78, 5) is 0. The lowest BCUT2D eigenvalue weighted by Crippen LogP contribution is -1.93. The molecule has 0 aliphatic carbocycles. The van der Waals surface area contributed by atoms with Gasteiger partial charge in [-0.25, -0.2) is 0 Å². The summed E-state index contributed by atoms with van der Waals surface area (Å²) in [5.74, 6) is 0. The molecule has 0 unspecified atom stereocenters. The smallest absolute Gasteiger partial charge is 0.0622 e. The molecule has 0 heterocycles. The van der Waals surface area contributed by atoms with Crippen LogP contribution in [-0.4, -0.2) is 0 Å². The first-order chi connectivity index (χ1) is 23.8. The summed E-state index contributed by atoms with van der Waals surface area (Å²) in [5.41, 5.74) is 4.95. The van der Waals surface area contributed by atoms with Gasteiger partial charge in [-0.15, -0.1) is 0 Å². The van der Waals surface area contributed by atoms with E-state index in [0.29, 0.717) is 44.2 Å². The minimum Gasteiger partial charge on any atom is -0.0622 e. The summed E-state index contributed by atoms with van der Waals surface area (Å²) in [6.45, 7) is 0. The first-order valence-electron chi connectivity index (χ1n) is 17.5. The molecule has 0 bridgehead atoms. The molecule has 0 aliphatic rings. The molecule has 0 atom stereocenters. The molecule has 0 saturated heterocycles. The van der Waals surface area contributed by atoms with Gasteiger partial charge >= 0.3 is 0 Å². The summed E-state index contributed by atoms with van der Waals surface area (Å²) in [5, 5.41) is 2.99. The molecule has 8 aromatic rings. The zero-order valence-corrected chi connectivity index (χ0v) is 22.6. The Kier molecular flexibility index (Phi) is 4.38. The summed E-state index contributed by atoms with van der Waals surface area (Å²) in [6, 6.07) is 38.9. The van der Waals surface area contributed by atoms with E-state index >= 15 is 0 Å². The Balaban J connectivity index is 1.68. The minimum atomic E-state index is -0.384. The first-order valence-corrected chi connectivity index (χ1v) is 14.0. The van der Waals surface area contributed by atoms with Crippen LogP contribution in [0.4, 0.5) is 0 Å². The van der Waals surface area contributed by atoms with Gasteiger partial charge in [-0.3, -0.25) is 0 Å². The maximum atomic E-state index is 9.85. The van der Waals surface area contributed by atoms with Crippen molar-refractivity contribution in [1.82, 2.24) is 0 Å². The standard InChI is InChI=1S/C42H28/c1-3-13-29(14-4-1)32-19-11-20-34(27-32)41-37-22-9-10-23-38(37)42(36-24-12-18-31-17-7-8-21-35(31)36)40-28-33(25-26-39(40)41)30-15-5-2-6-16-30/h1-28H/i9D,10D,22D,23D,25D,26D,28D. The largest absolute Gasteiger partial charge is 0.0636 e. The van der Waals surface area contributed by atoms with Crippen molar-refractivity contribution in [3.05, 3.63) is 170 Å². The highest BCUT2D eigenvalue weighted by Gasteiger charge is 2.19. The second-order valence-electron chi connectivity index (χ2n) is 10.3. The maximum absolute atomic E-state index is 9.85. The SMILES string of the molecule is [2H]c1c([2H])c([2H])c2c(-c3cccc4ccccc34)c3c([2H])c(-c4ccccc4)c([2H])c([2H])c3c(-c3cccc(-c4ccccc4)c3)c2c1[2H]. The van der Waals surface area contributed by atoms with Crippen LogP contribution >= 0.6 is 0 Å². The van der Waals surface area contributed by atoms with Crippen LogP contribution in [0.3, 0.4) is 0 Å². The molecule has 196 valence electrons. The van der Waals surface area contributed by atoms with Crippen LogP contribution in [0.5, 0.6) is 0 Å². The molecule has 0 N–H and O–H groups in total. The number of hydrogen-bond acceptors (Lipinski definition) is 0. The lowest BCUT2D eigenvalue weighted by molar-refractivity contribution is 1.61. The van der Waals surface area contributed by atoms with Crippen molar-refractivity contribution in [1.29, 1.82) is 0 Å². The van der Waals surface area contributed by atoms with Crippen molar-refractivity contribution in [2.24, 2.45) is 0 Å². The topological polar surface area (TPSA) is 0 Å². The third-order valence-electron chi connectivity index (χ3n) is 7.88. The van der Waals surface area contributed by atoms with E-state index in [4.69, 9.17) is 2.74 Å². The van der Waals surface area contributed by atoms with Gasteiger partial charge in [-0.05, 0) is 88.9 Å². The molecule has 0 radical (unpaired) electrons. The lowest BCUT2D eigenvalue weighted by Gasteiger charge is -2.20. The van der Waals surface area contributed by atoms with Crippen molar-refractivity contribution in [3.8, 4) is 44.5 Å². The number of benzene rings is 8. The van der Waals surface area contributed by atoms with Gasteiger partial charge in [0.15, 0.2) is 0 Å². The Hall–Kier alpha value is -5.46. The van der Waals surface area contributed by atoms with Crippen LogP contribution in [0.25, 0.3) is 76.8 Å². The van der Waals surface area contributed by atoms with Crippen LogP contribution in [-0.2, 0) is 0 Å². The third kappa shape index (κ3) is 4.08. The first kappa shape index (κ1) is 18.1. The van der Waals surface area contributed by atoms with E-state index in [1.165, 1.54) is 0 Å². The van der Waals surface area contributed by atoms with E-state index < -0.39 is 0 Å². The average Bonchev–Trinajstić information content (AvgIpc) is 3.15. The second-order valence-corrected chi connectivity index (χ2v) is 10.3. The normalized spacial score (nSPS) is 13.7. The van der Waals surface area contributed by atoms with Gasteiger partial charge in [0, 0.05) is 0 Å². The summed E-state index contributed by atoms with van der Waals surface area (Å²) < 4.78 is 65.1. The van der Waals surface area contributed by atoms with Gasteiger partial charge in [0.2, 0.25) is 0 Å². The fraction of sp³-hybridized carbons (Fsp3) is 0. The predicted molar refractivity (Wildman–Crippen MR) is 181 cm³/mol. The van der Waals surface area contributed by atoms with Crippen LogP contribution in [0.15, 0.2) is 170 Å². The fourth-order valence-corrected chi connectivity index (χ4v) is 5.95. The van der Waals surface area contributed by atoms with Crippen molar-refractivity contribution >= 4 is 32.3 Å². The maximum Gasteiger partial charge on any atom is 0.0636 e. The molecular weight excluding hydrogens is 504 g/mol. The lowest BCUT2D eigenvalue weighted by atomic mass is 9.83. The Bertz CT molecular complexity index is 2610. The molecule has 0 amide bonds. The number of fused-ring (bicyclic) bond motifs is 3. The van der Waals surface area contributed by atoms with Gasteiger partial charge in [0.25, 0.3) is 0 Å². The van der Waals surface area contributed by atoms with E-state index in [1.807, 2.05) is 127 Å². The number of rotatable bonds is 4.